The van der Waals surface area contributed by atoms with E-state index in [9.17, 15) is 9.90 Å². The summed E-state index contributed by atoms with van der Waals surface area (Å²) in [5.41, 5.74) is 3.41. The zero-order valence-corrected chi connectivity index (χ0v) is 14.8. The first-order valence-electron chi connectivity index (χ1n) is 8.27. The third-order valence-corrected chi connectivity index (χ3v) is 4.05. The second-order valence-corrected chi connectivity index (χ2v) is 5.80. The largest absolute Gasteiger partial charge is 0.478 e. The maximum absolute atomic E-state index is 11.4. The topological polar surface area (TPSA) is 59.0 Å². The van der Waals surface area contributed by atoms with Gasteiger partial charge in [-0.25, -0.2) is 4.79 Å². The van der Waals surface area contributed by atoms with Gasteiger partial charge in [-0.1, -0.05) is 36.4 Å². The molecule has 0 saturated heterocycles. The van der Waals surface area contributed by atoms with Crippen LogP contribution in [0.15, 0.2) is 48.5 Å². The highest BCUT2D eigenvalue weighted by atomic mass is 16.5. The lowest BCUT2D eigenvalue weighted by Gasteiger charge is -2.23. The molecule has 0 radical (unpaired) electrons. The fourth-order valence-corrected chi connectivity index (χ4v) is 2.71. The van der Waals surface area contributed by atoms with E-state index >= 15 is 0 Å². The van der Waals surface area contributed by atoms with E-state index in [-0.39, 0.29) is 0 Å². The lowest BCUT2D eigenvalue weighted by atomic mass is 9.97. The molecule has 0 fully saturated rings. The molecule has 0 saturated carbocycles. The van der Waals surface area contributed by atoms with E-state index in [1.165, 1.54) is 0 Å². The van der Waals surface area contributed by atoms with Crippen molar-refractivity contribution >= 4 is 5.97 Å². The fourth-order valence-electron chi connectivity index (χ4n) is 2.71. The molecule has 1 N–H and O–H groups in total. The van der Waals surface area contributed by atoms with Crippen molar-refractivity contribution in [3.63, 3.8) is 0 Å². The van der Waals surface area contributed by atoms with E-state index in [1.807, 2.05) is 36.4 Å². The Kier molecular flexibility index (Phi) is 7.60. The molecule has 0 aromatic heterocycles. The highest BCUT2D eigenvalue weighted by Gasteiger charge is 2.13. The minimum absolute atomic E-state index is 0.299. The molecule has 0 aliphatic heterocycles. The summed E-state index contributed by atoms with van der Waals surface area (Å²) < 4.78 is 10.4. The van der Waals surface area contributed by atoms with Gasteiger partial charge in [0, 0.05) is 33.9 Å². The molecular formula is C20H25NO4. The van der Waals surface area contributed by atoms with Crippen LogP contribution in [0.2, 0.25) is 0 Å². The first-order valence-corrected chi connectivity index (χ1v) is 8.27. The Labute approximate surface area is 148 Å². The van der Waals surface area contributed by atoms with Gasteiger partial charge < -0.3 is 14.6 Å². The summed E-state index contributed by atoms with van der Waals surface area (Å²) in [6.07, 6.45) is 0. The van der Waals surface area contributed by atoms with E-state index in [4.69, 9.17) is 9.47 Å². The summed E-state index contributed by atoms with van der Waals surface area (Å²) in [5.74, 6) is -0.916. The van der Waals surface area contributed by atoms with Crippen molar-refractivity contribution in [2.24, 2.45) is 0 Å². The van der Waals surface area contributed by atoms with Gasteiger partial charge in [0.25, 0.3) is 0 Å². The Morgan fingerprint density at radius 1 is 1.00 bits per heavy atom. The summed E-state index contributed by atoms with van der Waals surface area (Å²) in [6, 6.07) is 15.3. The van der Waals surface area contributed by atoms with Gasteiger partial charge in [0.05, 0.1) is 18.8 Å². The van der Waals surface area contributed by atoms with E-state index < -0.39 is 5.97 Å². The maximum atomic E-state index is 11.4. The molecule has 5 nitrogen and oxygen atoms in total. The van der Waals surface area contributed by atoms with Crippen molar-refractivity contribution in [2.45, 2.75) is 6.54 Å². The highest BCUT2D eigenvalue weighted by molar-refractivity contribution is 5.89. The van der Waals surface area contributed by atoms with Gasteiger partial charge in [0.2, 0.25) is 0 Å². The number of carboxylic acids is 1. The van der Waals surface area contributed by atoms with Crippen molar-refractivity contribution in [3.8, 4) is 11.1 Å². The summed E-state index contributed by atoms with van der Waals surface area (Å²) in [6.45, 7) is 3.38. The zero-order valence-electron chi connectivity index (χ0n) is 14.8. The fraction of sp³-hybridized carbons (Fsp3) is 0.350. The molecule has 2 aromatic rings. The van der Waals surface area contributed by atoms with Crippen LogP contribution in [0.4, 0.5) is 0 Å². The molecule has 134 valence electrons. The Balaban J connectivity index is 2.33. The molecule has 2 aromatic carbocycles. The summed E-state index contributed by atoms with van der Waals surface area (Å²) in [4.78, 5) is 13.6. The van der Waals surface area contributed by atoms with Crippen molar-refractivity contribution in [1.29, 1.82) is 0 Å². The number of carbonyl (C=O) groups is 1. The Bertz CT molecular complexity index is 665. The number of benzene rings is 2. The van der Waals surface area contributed by atoms with Crippen LogP contribution < -0.4 is 0 Å². The minimum Gasteiger partial charge on any atom is -0.478 e. The number of aromatic carboxylic acids is 1. The Morgan fingerprint density at radius 2 is 1.64 bits per heavy atom. The third-order valence-electron chi connectivity index (χ3n) is 4.05. The molecule has 0 spiro atoms. The van der Waals surface area contributed by atoms with Crippen LogP contribution in [0.1, 0.15) is 15.9 Å². The molecule has 0 unspecified atom stereocenters. The second-order valence-electron chi connectivity index (χ2n) is 5.80. The number of hydrogen-bond donors (Lipinski definition) is 1. The van der Waals surface area contributed by atoms with Gasteiger partial charge in [-0.2, -0.15) is 0 Å². The normalized spacial score (nSPS) is 11.0. The molecule has 2 rings (SSSR count). The highest BCUT2D eigenvalue weighted by Crippen LogP contribution is 2.26. The molecule has 0 aliphatic rings. The molecular weight excluding hydrogens is 318 g/mol. The molecule has 0 atom stereocenters. The molecule has 25 heavy (non-hydrogen) atoms. The van der Waals surface area contributed by atoms with E-state index in [1.54, 1.807) is 26.4 Å². The summed E-state index contributed by atoms with van der Waals surface area (Å²) in [7, 11) is 3.35. The quantitative estimate of drug-likeness (QED) is 0.718. The molecule has 0 heterocycles. The van der Waals surface area contributed by atoms with E-state index in [0.29, 0.717) is 25.3 Å². The number of methoxy groups -OCH3 is 2. The maximum Gasteiger partial charge on any atom is 0.335 e. The van der Waals surface area contributed by atoms with E-state index in [2.05, 4.69) is 4.90 Å². The standard InChI is InChI=1S/C20H25NO4/c1-24-12-10-21(11-13-25-2)15-18-14-17(20(22)23)8-9-19(18)16-6-4-3-5-7-16/h3-9,14H,10-13,15H2,1-2H3,(H,22,23). The monoisotopic (exact) mass is 343 g/mol. The summed E-state index contributed by atoms with van der Waals surface area (Å²) >= 11 is 0. The Hall–Kier alpha value is -2.21. The SMILES string of the molecule is COCCN(CCOC)Cc1cc(C(=O)O)ccc1-c1ccccc1. The van der Waals surface area contributed by atoms with E-state index in [0.717, 1.165) is 29.8 Å². The smallest absolute Gasteiger partial charge is 0.335 e. The van der Waals surface area contributed by atoms with Crippen LogP contribution in [0.5, 0.6) is 0 Å². The lowest BCUT2D eigenvalue weighted by Crippen LogP contribution is -2.30. The average Bonchev–Trinajstić information content (AvgIpc) is 2.64. The van der Waals surface area contributed by atoms with Gasteiger partial charge in [-0.3, -0.25) is 4.90 Å². The molecule has 5 heteroatoms. The van der Waals surface area contributed by atoms with Gasteiger partial charge in [-0.05, 0) is 28.8 Å². The predicted molar refractivity (Wildman–Crippen MR) is 97.9 cm³/mol. The third kappa shape index (κ3) is 5.67. The average molecular weight is 343 g/mol. The molecule has 0 bridgehead atoms. The molecule has 0 aliphatic carbocycles. The van der Waals surface area contributed by atoms with Gasteiger partial charge in [0.1, 0.15) is 0 Å². The van der Waals surface area contributed by atoms with Crippen LogP contribution in [-0.4, -0.2) is 56.5 Å². The first-order chi connectivity index (χ1) is 12.2. The predicted octanol–water partition coefficient (Wildman–Crippen LogP) is 3.15. The number of nitrogens with zero attached hydrogens (tertiary/aromatic N) is 1. The van der Waals surface area contributed by atoms with Gasteiger partial charge in [0.15, 0.2) is 0 Å². The number of carboxylic acid groups (broad SMARTS) is 1. The van der Waals surface area contributed by atoms with Crippen LogP contribution in [0, 0.1) is 0 Å². The first kappa shape index (κ1) is 19.1. The second kappa shape index (κ2) is 9.93. The minimum atomic E-state index is -0.916. The number of hydrogen-bond acceptors (Lipinski definition) is 4. The van der Waals surface area contributed by atoms with Crippen molar-refractivity contribution in [1.82, 2.24) is 4.90 Å². The van der Waals surface area contributed by atoms with Crippen LogP contribution in [-0.2, 0) is 16.0 Å². The van der Waals surface area contributed by atoms with Crippen LogP contribution >= 0.6 is 0 Å². The van der Waals surface area contributed by atoms with Gasteiger partial charge >= 0.3 is 5.97 Å². The number of rotatable bonds is 10. The van der Waals surface area contributed by atoms with Crippen molar-refractivity contribution in [2.75, 3.05) is 40.5 Å². The lowest BCUT2D eigenvalue weighted by molar-refractivity contribution is 0.0696. The van der Waals surface area contributed by atoms with Crippen molar-refractivity contribution < 1.29 is 19.4 Å². The van der Waals surface area contributed by atoms with Crippen LogP contribution in [0.25, 0.3) is 11.1 Å². The van der Waals surface area contributed by atoms with Crippen molar-refractivity contribution in [3.05, 3.63) is 59.7 Å². The van der Waals surface area contributed by atoms with Crippen LogP contribution in [0.3, 0.4) is 0 Å². The summed E-state index contributed by atoms with van der Waals surface area (Å²) in [5, 5.41) is 9.33. The number of ether oxygens (including phenoxy) is 2. The Morgan fingerprint density at radius 3 is 2.20 bits per heavy atom. The zero-order chi connectivity index (χ0) is 18.1. The van der Waals surface area contributed by atoms with Gasteiger partial charge in [-0.15, -0.1) is 0 Å². The molecule has 0 amide bonds.